The largest absolute Gasteiger partial charge is 0.119 e. The molecule has 0 bridgehead atoms. The van der Waals surface area contributed by atoms with Gasteiger partial charge in [-0.2, -0.15) is 0 Å². The zero-order chi connectivity index (χ0) is 5.28. The molecule has 0 saturated carbocycles. The molecular weight excluding hydrogens is 124 g/mol. The van der Waals surface area contributed by atoms with Crippen LogP contribution in [0, 0.1) is 0 Å². The smallest absolute Gasteiger partial charge is 0.0480 e. The van der Waals surface area contributed by atoms with Crippen molar-refractivity contribution in [2.45, 2.75) is 13.8 Å². The molecule has 0 aromatic carbocycles. The van der Waals surface area contributed by atoms with Gasteiger partial charge in [0.2, 0.25) is 0 Å². The Kier molecular flexibility index (Phi) is 1.70. The van der Waals surface area contributed by atoms with E-state index in [2.05, 4.69) is 13.8 Å². The predicted octanol–water partition coefficient (Wildman–Crippen LogP) is 2.68. The fraction of sp³-hybridized carbons (Fsp3) is 0.600. The molecule has 0 fully saturated rings. The molecule has 1 aliphatic rings. The van der Waals surface area contributed by atoms with Crippen LogP contribution in [0.15, 0.2) is 9.81 Å². The summed E-state index contributed by atoms with van der Waals surface area (Å²) in [5.41, 5.74) is 0. The van der Waals surface area contributed by atoms with E-state index in [0.717, 1.165) is 0 Å². The highest BCUT2D eigenvalue weighted by Gasteiger charge is 2.05. The Morgan fingerprint density at radius 1 is 1.14 bits per heavy atom. The molecule has 40 valence electrons. The fourth-order valence-electron chi connectivity index (χ4n) is 0.410. The molecule has 0 N–H and O–H groups in total. The van der Waals surface area contributed by atoms with Crippen LogP contribution in [0.1, 0.15) is 13.8 Å². The van der Waals surface area contributed by atoms with Gasteiger partial charge in [-0.05, 0) is 23.7 Å². The predicted molar refractivity (Wildman–Crippen MR) is 38.4 cm³/mol. The van der Waals surface area contributed by atoms with E-state index >= 15 is 0 Å². The minimum atomic E-state index is 1.23. The summed E-state index contributed by atoms with van der Waals surface area (Å²) >= 11 is 3.90. The summed E-state index contributed by atoms with van der Waals surface area (Å²) in [5.74, 6) is 0. The van der Waals surface area contributed by atoms with Gasteiger partial charge in [-0.25, -0.2) is 0 Å². The lowest BCUT2D eigenvalue weighted by Crippen LogP contribution is -1.58. The van der Waals surface area contributed by atoms with E-state index in [1.54, 1.807) is 0 Å². The van der Waals surface area contributed by atoms with Crippen molar-refractivity contribution in [1.82, 2.24) is 0 Å². The van der Waals surface area contributed by atoms with Crippen LogP contribution in [0.3, 0.4) is 0 Å². The van der Waals surface area contributed by atoms with Gasteiger partial charge in [0.15, 0.2) is 0 Å². The van der Waals surface area contributed by atoms with Gasteiger partial charge in [0.1, 0.15) is 0 Å². The molecule has 0 saturated heterocycles. The van der Waals surface area contributed by atoms with Crippen molar-refractivity contribution in [3.05, 3.63) is 9.81 Å². The highest BCUT2D eigenvalue weighted by Crippen LogP contribution is 2.37. The molecule has 1 heterocycles. The van der Waals surface area contributed by atoms with Crippen molar-refractivity contribution in [1.29, 1.82) is 0 Å². The lowest BCUT2D eigenvalue weighted by atomic mass is 10.6. The highest BCUT2D eigenvalue weighted by atomic mass is 32.2. The summed E-state index contributed by atoms with van der Waals surface area (Å²) in [6, 6.07) is 0. The molecule has 0 aromatic rings. The molecule has 0 aliphatic carbocycles. The first-order valence-electron chi connectivity index (χ1n) is 2.24. The van der Waals surface area contributed by atoms with Crippen LogP contribution in [-0.2, 0) is 0 Å². The molecule has 0 amide bonds. The Labute approximate surface area is 52.7 Å². The Bertz CT molecular complexity index is 92.6. The van der Waals surface area contributed by atoms with Crippen molar-refractivity contribution >= 4 is 23.5 Å². The third-order valence-electron chi connectivity index (χ3n) is 1.05. The molecule has 1 rings (SSSR count). The third-order valence-corrected chi connectivity index (χ3v) is 3.60. The van der Waals surface area contributed by atoms with E-state index in [0.29, 0.717) is 0 Å². The van der Waals surface area contributed by atoms with Crippen LogP contribution in [0.2, 0.25) is 0 Å². The maximum atomic E-state index is 2.18. The number of hydrogen-bond acceptors (Lipinski definition) is 2. The van der Waals surface area contributed by atoms with Crippen LogP contribution >= 0.6 is 23.5 Å². The Morgan fingerprint density at radius 2 is 1.57 bits per heavy atom. The van der Waals surface area contributed by atoms with Crippen LogP contribution in [0.25, 0.3) is 0 Å². The number of hydrogen-bond donors (Lipinski definition) is 0. The summed E-state index contributed by atoms with van der Waals surface area (Å²) in [5, 5.41) is 1.23. The van der Waals surface area contributed by atoms with Gasteiger partial charge >= 0.3 is 0 Å². The first-order valence-corrected chi connectivity index (χ1v) is 4.21. The highest BCUT2D eigenvalue weighted by molar-refractivity contribution is 8.22. The monoisotopic (exact) mass is 132 g/mol. The molecule has 1 aliphatic heterocycles. The first-order chi connectivity index (χ1) is 3.30. The average molecular weight is 132 g/mol. The second-order valence-corrected chi connectivity index (χ2v) is 4.26. The van der Waals surface area contributed by atoms with Crippen molar-refractivity contribution in [2.75, 3.05) is 5.08 Å². The third kappa shape index (κ3) is 1.16. The SMILES string of the molecule is CC1=C(C)SCS1. The van der Waals surface area contributed by atoms with E-state index in [9.17, 15) is 0 Å². The van der Waals surface area contributed by atoms with Gasteiger partial charge in [0.25, 0.3) is 0 Å². The summed E-state index contributed by atoms with van der Waals surface area (Å²) in [6.45, 7) is 4.36. The fourth-order valence-corrected chi connectivity index (χ4v) is 2.82. The molecule has 7 heavy (non-hydrogen) atoms. The van der Waals surface area contributed by atoms with E-state index in [4.69, 9.17) is 0 Å². The Morgan fingerprint density at radius 3 is 1.71 bits per heavy atom. The zero-order valence-corrected chi connectivity index (χ0v) is 6.16. The van der Waals surface area contributed by atoms with E-state index in [1.165, 1.54) is 14.9 Å². The van der Waals surface area contributed by atoms with Crippen molar-refractivity contribution in [2.24, 2.45) is 0 Å². The normalized spacial score (nSPS) is 21.4. The van der Waals surface area contributed by atoms with Gasteiger partial charge in [-0.15, -0.1) is 23.5 Å². The van der Waals surface area contributed by atoms with Crippen LogP contribution < -0.4 is 0 Å². The zero-order valence-electron chi connectivity index (χ0n) is 4.52. The lowest BCUT2D eigenvalue weighted by molar-refractivity contribution is 1.57. The number of rotatable bonds is 0. The standard InChI is InChI=1S/C5H8S2/c1-4-5(2)7-3-6-4/h3H2,1-2H3. The topological polar surface area (TPSA) is 0 Å². The average Bonchev–Trinajstić information content (AvgIpc) is 1.91. The van der Waals surface area contributed by atoms with Gasteiger partial charge in [-0.3, -0.25) is 0 Å². The molecule has 0 spiro atoms. The molecule has 0 atom stereocenters. The van der Waals surface area contributed by atoms with Gasteiger partial charge in [-0.1, -0.05) is 0 Å². The van der Waals surface area contributed by atoms with Gasteiger partial charge in [0, 0.05) is 5.08 Å². The van der Waals surface area contributed by atoms with Gasteiger partial charge < -0.3 is 0 Å². The summed E-state index contributed by atoms with van der Waals surface area (Å²) < 4.78 is 0. The Hall–Kier alpha value is 0.440. The Balaban J connectivity index is 2.64. The maximum Gasteiger partial charge on any atom is 0.0480 e. The van der Waals surface area contributed by atoms with E-state index < -0.39 is 0 Å². The second-order valence-electron chi connectivity index (χ2n) is 1.52. The quantitative estimate of drug-likeness (QED) is 0.497. The lowest BCUT2D eigenvalue weighted by Gasteiger charge is -1.84. The molecule has 0 aromatic heterocycles. The molecule has 0 nitrogen and oxygen atoms in total. The van der Waals surface area contributed by atoms with E-state index in [1.807, 2.05) is 23.5 Å². The minimum Gasteiger partial charge on any atom is -0.119 e. The summed E-state index contributed by atoms with van der Waals surface area (Å²) in [4.78, 5) is 3.01. The summed E-state index contributed by atoms with van der Waals surface area (Å²) in [6.07, 6.45) is 0. The van der Waals surface area contributed by atoms with Crippen LogP contribution in [0.5, 0.6) is 0 Å². The second kappa shape index (κ2) is 2.14. The number of thioether (sulfide) groups is 2. The number of allylic oxidation sites excluding steroid dienone is 2. The first kappa shape index (κ1) is 5.57. The maximum absolute atomic E-state index is 2.18. The molecule has 0 unspecified atom stereocenters. The molecule has 2 heteroatoms. The van der Waals surface area contributed by atoms with Crippen molar-refractivity contribution in [3.8, 4) is 0 Å². The van der Waals surface area contributed by atoms with Crippen molar-refractivity contribution in [3.63, 3.8) is 0 Å². The van der Waals surface area contributed by atoms with Crippen LogP contribution in [0.4, 0.5) is 0 Å². The molecular formula is C5H8S2. The van der Waals surface area contributed by atoms with Crippen LogP contribution in [-0.4, -0.2) is 5.08 Å². The summed E-state index contributed by atoms with van der Waals surface area (Å²) in [7, 11) is 0. The molecule has 0 radical (unpaired) electrons. The van der Waals surface area contributed by atoms with E-state index in [-0.39, 0.29) is 0 Å². The van der Waals surface area contributed by atoms with Gasteiger partial charge in [0.05, 0.1) is 0 Å². The minimum absolute atomic E-state index is 1.23. The van der Waals surface area contributed by atoms with Crippen molar-refractivity contribution < 1.29 is 0 Å².